The van der Waals surface area contributed by atoms with Crippen molar-refractivity contribution in [3.05, 3.63) is 53.4 Å². The molecule has 0 aliphatic heterocycles. The molecule has 2 amide bonds. The van der Waals surface area contributed by atoms with Gasteiger partial charge in [0, 0.05) is 6.08 Å². The quantitative estimate of drug-likeness (QED) is 0.816. The third-order valence-corrected chi connectivity index (χ3v) is 4.09. The van der Waals surface area contributed by atoms with Crippen LogP contribution in [0, 0.1) is 0 Å². The summed E-state index contributed by atoms with van der Waals surface area (Å²) in [6, 6.07) is 7.41. The summed E-state index contributed by atoms with van der Waals surface area (Å²) in [5.74, 6) is -0.668. The van der Waals surface area contributed by atoms with Gasteiger partial charge in [-0.15, -0.1) is 5.10 Å². The molecule has 0 radical (unpaired) electrons. The van der Waals surface area contributed by atoms with Crippen LogP contribution in [-0.4, -0.2) is 26.8 Å². The number of carbonyl (C=O) groups excluding carboxylic acids is 2. The summed E-state index contributed by atoms with van der Waals surface area (Å²) in [6.45, 7) is 1.94. The maximum atomic E-state index is 11.9. The van der Waals surface area contributed by atoms with E-state index < -0.39 is 5.91 Å². The van der Waals surface area contributed by atoms with E-state index in [0.717, 1.165) is 24.1 Å². The molecule has 7 heteroatoms. The van der Waals surface area contributed by atoms with Crippen molar-refractivity contribution >= 4 is 11.8 Å². The van der Waals surface area contributed by atoms with Gasteiger partial charge in [0.25, 0.3) is 5.91 Å². The van der Waals surface area contributed by atoms with E-state index in [2.05, 4.69) is 15.6 Å². The van der Waals surface area contributed by atoms with Gasteiger partial charge in [-0.2, -0.15) is 0 Å². The SMILES string of the molecule is C[C@@H](NC(=O)C=C1CCC1)c1ccc(-n2cc(C(N)=O)nn2)cc1. The molecule has 1 aromatic carbocycles. The van der Waals surface area contributed by atoms with E-state index in [0.29, 0.717) is 0 Å². The predicted octanol–water partition coefficient (Wildman–Crippen LogP) is 1.65. The molecule has 1 heterocycles. The number of nitrogens with zero attached hydrogens (tertiary/aromatic N) is 3. The Hall–Kier alpha value is -2.96. The van der Waals surface area contributed by atoms with Gasteiger partial charge in [0.15, 0.2) is 5.69 Å². The largest absolute Gasteiger partial charge is 0.364 e. The summed E-state index contributed by atoms with van der Waals surface area (Å²) >= 11 is 0. The Balaban J connectivity index is 1.66. The number of primary amides is 1. The maximum Gasteiger partial charge on any atom is 0.270 e. The highest BCUT2D eigenvalue weighted by molar-refractivity contribution is 5.90. The average Bonchev–Trinajstić information content (AvgIpc) is 3.01. The molecule has 0 saturated heterocycles. The van der Waals surface area contributed by atoms with E-state index in [9.17, 15) is 9.59 Å². The Morgan fingerprint density at radius 1 is 1.29 bits per heavy atom. The van der Waals surface area contributed by atoms with Crippen LogP contribution >= 0.6 is 0 Å². The fourth-order valence-electron chi connectivity index (χ4n) is 2.47. The van der Waals surface area contributed by atoms with Crippen molar-refractivity contribution in [3.8, 4) is 5.69 Å². The number of hydrogen-bond acceptors (Lipinski definition) is 4. The van der Waals surface area contributed by atoms with Crippen LogP contribution < -0.4 is 11.1 Å². The number of aromatic nitrogens is 3. The summed E-state index contributed by atoms with van der Waals surface area (Å²) in [5, 5.41) is 10.5. The Labute approximate surface area is 139 Å². The molecule has 0 spiro atoms. The minimum atomic E-state index is -0.616. The van der Waals surface area contributed by atoms with E-state index in [4.69, 9.17) is 5.73 Å². The van der Waals surface area contributed by atoms with Gasteiger partial charge in [0.1, 0.15) is 0 Å². The zero-order valence-electron chi connectivity index (χ0n) is 13.4. The van der Waals surface area contributed by atoms with Crippen molar-refractivity contribution in [1.82, 2.24) is 20.3 Å². The Morgan fingerprint density at radius 2 is 2.00 bits per heavy atom. The van der Waals surface area contributed by atoms with Crippen LogP contribution in [0.2, 0.25) is 0 Å². The number of amides is 2. The van der Waals surface area contributed by atoms with E-state index >= 15 is 0 Å². The van der Waals surface area contributed by atoms with Crippen LogP contribution in [0.3, 0.4) is 0 Å². The second-order valence-corrected chi connectivity index (χ2v) is 5.89. The molecule has 3 rings (SSSR count). The van der Waals surface area contributed by atoms with Crippen molar-refractivity contribution in [2.45, 2.75) is 32.2 Å². The molecule has 1 aromatic heterocycles. The molecule has 0 unspecified atom stereocenters. The molecule has 1 aliphatic rings. The highest BCUT2D eigenvalue weighted by Gasteiger charge is 2.13. The lowest BCUT2D eigenvalue weighted by Crippen LogP contribution is -2.25. The highest BCUT2D eigenvalue weighted by Crippen LogP contribution is 2.25. The van der Waals surface area contributed by atoms with E-state index in [1.165, 1.54) is 22.9 Å². The number of benzene rings is 1. The fourth-order valence-corrected chi connectivity index (χ4v) is 2.47. The first kappa shape index (κ1) is 15.9. The Morgan fingerprint density at radius 3 is 2.54 bits per heavy atom. The first-order chi connectivity index (χ1) is 11.5. The monoisotopic (exact) mass is 325 g/mol. The fraction of sp³-hybridized carbons (Fsp3) is 0.294. The molecule has 124 valence electrons. The first-order valence-electron chi connectivity index (χ1n) is 7.85. The lowest BCUT2D eigenvalue weighted by molar-refractivity contribution is -0.117. The molecule has 1 fully saturated rings. The summed E-state index contributed by atoms with van der Waals surface area (Å²) in [6.07, 6.45) is 6.42. The molecule has 1 atom stereocenters. The number of nitrogens with one attached hydrogen (secondary N) is 1. The standard InChI is InChI=1S/C17H19N5O2/c1-11(19-16(23)9-12-3-2-4-12)13-5-7-14(8-6-13)22-10-15(17(18)24)20-21-22/h5-11H,2-4H2,1H3,(H2,18,24)(H,19,23)/t11-/m1/s1. The van der Waals surface area contributed by atoms with Crippen molar-refractivity contribution in [3.63, 3.8) is 0 Å². The van der Waals surface area contributed by atoms with Gasteiger partial charge in [-0.1, -0.05) is 22.9 Å². The number of nitrogens with two attached hydrogens (primary N) is 1. The third kappa shape index (κ3) is 3.51. The van der Waals surface area contributed by atoms with Crippen molar-refractivity contribution in [2.24, 2.45) is 5.73 Å². The van der Waals surface area contributed by atoms with Gasteiger partial charge in [0.2, 0.25) is 5.91 Å². The summed E-state index contributed by atoms with van der Waals surface area (Å²) in [7, 11) is 0. The van der Waals surface area contributed by atoms with Gasteiger partial charge in [0.05, 0.1) is 17.9 Å². The maximum absolute atomic E-state index is 11.9. The van der Waals surface area contributed by atoms with Crippen LogP contribution in [0.1, 0.15) is 48.3 Å². The first-order valence-corrected chi connectivity index (χ1v) is 7.85. The summed E-state index contributed by atoms with van der Waals surface area (Å²) in [4.78, 5) is 23.0. The van der Waals surface area contributed by atoms with Crippen molar-refractivity contribution in [1.29, 1.82) is 0 Å². The Bertz CT molecular complexity index is 786. The van der Waals surface area contributed by atoms with E-state index in [1.807, 2.05) is 31.2 Å². The predicted molar refractivity (Wildman–Crippen MR) is 88.4 cm³/mol. The van der Waals surface area contributed by atoms with Crippen molar-refractivity contribution in [2.75, 3.05) is 0 Å². The Kier molecular flexibility index (Phi) is 4.41. The van der Waals surface area contributed by atoms with Crippen LogP contribution in [0.5, 0.6) is 0 Å². The number of rotatable bonds is 5. The van der Waals surface area contributed by atoms with Crippen LogP contribution in [-0.2, 0) is 4.79 Å². The van der Waals surface area contributed by atoms with Gasteiger partial charge in [-0.25, -0.2) is 4.68 Å². The lowest BCUT2D eigenvalue weighted by atomic mass is 9.92. The molecule has 7 nitrogen and oxygen atoms in total. The summed E-state index contributed by atoms with van der Waals surface area (Å²) in [5.41, 5.74) is 8.23. The lowest BCUT2D eigenvalue weighted by Gasteiger charge is -2.17. The molecule has 3 N–H and O–H groups in total. The van der Waals surface area contributed by atoms with Crippen LogP contribution in [0.4, 0.5) is 0 Å². The summed E-state index contributed by atoms with van der Waals surface area (Å²) < 4.78 is 1.48. The molecule has 0 bridgehead atoms. The average molecular weight is 325 g/mol. The normalized spacial score (nSPS) is 14.6. The third-order valence-electron chi connectivity index (χ3n) is 4.09. The van der Waals surface area contributed by atoms with E-state index in [1.54, 1.807) is 6.08 Å². The minimum Gasteiger partial charge on any atom is -0.364 e. The number of carbonyl (C=O) groups is 2. The topological polar surface area (TPSA) is 103 Å². The van der Waals surface area contributed by atoms with Gasteiger partial charge in [-0.3, -0.25) is 9.59 Å². The van der Waals surface area contributed by atoms with Crippen LogP contribution in [0.15, 0.2) is 42.1 Å². The zero-order valence-corrected chi connectivity index (χ0v) is 13.4. The van der Waals surface area contributed by atoms with Gasteiger partial charge in [-0.05, 0) is 43.9 Å². The second-order valence-electron chi connectivity index (χ2n) is 5.89. The van der Waals surface area contributed by atoms with Gasteiger partial charge < -0.3 is 11.1 Å². The molecular formula is C17H19N5O2. The smallest absolute Gasteiger partial charge is 0.270 e. The highest BCUT2D eigenvalue weighted by atomic mass is 16.2. The minimum absolute atomic E-state index is 0.0522. The number of allylic oxidation sites excluding steroid dienone is 1. The molecular weight excluding hydrogens is 306 g/mol. The van der Waals surface area contributed by atoms with Crippen molar-refractivity contribution < 1.29 is 9.59 Å². The molecule has 1 aliphatic carbocycles. The van der Waals surface area contributed by atoms with Crippen LogP contribution in [0.25, 0.3) is 5.69 Å². The molecule has 24 heavy (non-hydrogen) atoms. The molecule has 1 saturated carbocycles. The van der Waals surface area contributed by atoms with Gasteiger partial charge >= 0.3 is 0 Å². The molecule has 2 aromatic rings. The zero-order chi connectivity index (χ0) is 17.1. The van der Waals surface area contributed by atoms with E-state index in [-0.39, 0.29) is 17.6 Å². The second kappa shape index (κ2) is 6.66. The number of hydrogen-bond donors (Lipinski definition) is 2.